The Balaban J connectivity index is 1.72. The Bertz CT molecular complexity index is 679. The van der Waals surface area contributed by atoms with Crippen LogP contribution in [0.2, 0.25) is 0 Å². The molecule has 0 unspecified atom stereocenters. The zero-order valence-corrected chi connectivity index (χ0v) is 15.1. The van der Waals surface area contributed by atoms with E-state index in [9.17, 15) is 13.2 Å². The molecule has 0 N–H and O–H groups in total. The fraction of sp³-hybridized carbons (Fsp3) is 0.611. The zero-order valence-electron chi connectivity index (χ0n) is 14.3. The van der Waals surface area contributed by atoms with E-state index in [0.29, 0.717) is 18.0 Å². The Morgan fingerprint density at radius 3 is 2.33 bits per heavy atom. The van der Waals surface area contributed by atoms with Crippen LogP contribution in [0.25, 0.3) is 0 Å². The summed E-state index contributed by atoms with van der Waals surface area (Å²) >= 11 is 0. The first kappa shape index (κ1) is 17.4. The van der Waals surface area contributed by atoms with Crippen molar-refractivity contribution in [3.05, 3.63) is 29.8 Å². The highest BCUT2D eigenvalue weighted by Crippen LogP contribution is 2.26. The van der Waals surface area contributed by atoms with Crippen LogP contribution in [-0.2, 0) is 14.8 Å². The van der Waals surface area contributed by atoms with E-state index in [4.69, 9.17) is 0 Å². The molecular weight excluding hydrogens is 324 g/mol. The van der Waals surface area contributed by atoms with E-state index in [1.165, 1.54) is 10.7 Å². The number of carbonyl (C=O) groups excluding carboxylic acids is 1. The predicted molar refractivity (Wildman–Crippen MR) is 93.1 cm³/mol. The third kappa shape index (κ3) is 3.64. The number of carbonyl (C=O) groups is 1. The molecule has 0 spiro atoms. The van der Waals surface area contributed by atoms with Crippen LogP contribution < -0.4 is 0 Å². The van der Waals surface area contributed by atoms with E-state index in [1.807, 2.05) is 24.0 Å². The second-order valence-corrected chi connectivity index (χ2v) is 8.84. The fourth-order valence-corrected chi connectivity index (χ4v) is 5.12. The van der Waals surface area contributed by atoms with Gasteiger partial charge in [-0.2, -0.15) is 4.31 Å². The first-order chi connectivity index (χ1) is 11.5. The number of aryl methyl sites for hydroxylation is 1. The summed E-state index contributed by atoms with van der Waals surface area (Å²) in [5, 5.41) is 0. The molecule has 5 nitrogen and oxygen atoms in total. The smallest absolute Gasteiger partial charge is 0.243 e. The molecule has 6 heteroatoms. The van der Waals surface area contributed by atoms with Gasteiger partial charge in [-0.1, -0.05) is 17.7 Å². The molecule has 2 aliphatic heterocycles. The third-order valence-corrected chi connectivity index (χ3v) is 6.94. The van der Waals surface area contributed by atoms with Gasteiger partial charge in [0.05, 0.1) is 10.8 Å². The highest BCUT2D eigenvalue weighted by Gasteiger charge is 2.35. The van der Waals surface area contributed by atoms with E-state index in [0.717, 1.165) is 44.3 Å². The molecule has 1 aromatic rings. The molecule has 0 aromatic heterocycles. The second kappa shape index (κ2) is 7.23. The molecule has 0 aliphatic carbocycles. The average molecular weight is 350 g/mol. The molecule has 1 atom stereocenters. The van der Waals surface area contributed by atoms with E-state index in [-0.39, 0.29) is 11.8 Å². The molecule has 2 heterocycles. The summed E-state index contributed by atoms with van der Waals surface area (Å²) in [5.74, 6) is -0.0596. The average Bonchev–Trinajstić information content (AvgIpc) is 2.62. The van der Waals surface area contributed by atoms with Crippen molar-refractivity contribution >= 4 is 15.9 Å². The van der Waals surface area contributed by atoms with Gasteiger partial charge in [-0.15, -0.1) is 0 Å². The van der Waals surface area contributed by atoms with Gasteiger partial charge in [0.15, 0.2) is 0 Å². The van der Waals surface area contributed by atoms with Crippen molar-refractivity contribution in [2.24, 2.45) is 5.92 Å². The SMILES string of the molecule is Cc1ccc(S(=O)(=O)N2CCC[C@@H](C(=O)N3CCCCC3)C2)cc1. The van der Waals surface area contributed by atoms with Crippen LogP contribution in [0.15, 0.2) is 29.2 Å². The van der Waals surface area contributed by atoms with Gasteiger partial charge in [-0.05, 0) is 51.2 Å². The Morgan fingerprint density at radius 1 is 1.00 bits per heavy atom. The topological polar surface area (TPSA) is 57.7 Å². The number of likely N-dealkylation sites (tertiary alicyclic amines) is 1. The largest absolute Gasteiger partial charge is 0.342 e. The molecule has 1 aromatic carbocycles. The predicted octanol–water partition coefficient (Wildman–Crippen LogP) is 2.41. The van der Waals surface area contributed by atoms with Crippen molar-refractivity contribution in [1.82, 2.24) is 9.21 Å². The first-order valence-corrected chi connectivity index (χ1v) is 10.3. The van der Waals surface area contributed by atoms with E-state index in [2.05, 4.69) is 0 Å². The number of rotatable bonds is 3. The second-order valence-electron chi connectivity index (χ2n) is 6.90. The summed E-state index contributed by atoms with van der Waals surface area (Å²) in [5.41, 5.74) is 1.03. The highest BCUT2D eigenvalue weighted by atomic mass is 32.2. The molecule has 2 saturated heterocycles. The van der Waals surface area contributed by atoms with Gasteiger partial charge in [-0.3, -0.25) is 4.79 Å². The van der Waals surface area contributed by atoms with Crippen LogP contribution in [0.4, 0.5) is 0 Å². The molecule has 0 saturated carbocycles. The van der Waals surface area contributed by atoms with Crippen LogP contribution in [0, 0.1) is 12.8 Å². The van der Waals surface area contributed by atoms with Gasteiger partial charge >= 0.3 is 0 Å². The first-order valence-electron chi connectivity index (χ1n) is 8.84. The minimum absolute atomic E-state index is 0.138. The third-order valence-electron chi connectivity index (χ3n) is 5.06. The molecule has 0 bridgehead atoms. The van der Waals surface area contributed by atoms with Crippen molar-refractivity contribution < 1.29 is 13.2 Å². The maximum absolute atomic E-state index is 12.8. The number of sulfonamides is 1. The lowest BCUT2D eigenvalue weighted by molar-refractivity contribution is -0.137. The summed E-state index contributed by atoms with van der Waals surface area (Å²) in [6.07, 6.45) is 4.83. The number of nitrogens with zero attached hydrogens (tertiary/aromatic N) is 2. The molecule has 3 rings (SSSR count). The fourth-order valence-electron chi connectivity index (χ4n) is 3.59. The molecule has 132 valence electrons. The Labute approximate surface area is 144 Å². The minimum Gasteiger partial charge on any atom is -0.342 e. The Morgan fingerprint density at radius 2 is 1.67 bits per heavy atom. The summed E-state index contributed by atoms with van der Waals surface area (Å²) in [7, 11) is -3.51. The van der Waals surface area contributed by atoms with Crippen LogP contribution >= 0.6 is 0 Å². The van der Waals surface area contributed by atoms with Crippen molar-refractivity contribution in [1.29, 1.82) is 0 Å². The maximum Gasteiger partial charge on any atom is 0.243 e. The number of hydrogen-bond acceptors (Lipinski definition) is 3. The molecule has 24 heavy (non-hydrogen) atoms. The quantitative estimate of drug-likeness (QED) is 0.841. The lowest BCUT2D eigenvalue weighted by Gasteiger charge is -2.35. The number of amides is 1. The van der Waals surface area contributed by atoms with Gasteiger partial charge in [0, 0.05) is 26.2 Å². The van der Waals surface area contributed by atoms with Crippen LogP contribution in [-0.4, -0.2) is 49.7 Å². The minimum atomic E-state index is -3.51. The number of hydrogen-bond donors (Lipinski definition) is 0. The highest BCUT2D eigenvalue weighted by molar-refractivity contribution is 7.89. The Hall–Kier alpha value is -1.40. The number of piperidine rings is 2. The van der Waals surface area contributed by atoms with Gasteiger partial charge in [-0.25, -0.2) is 8.42 Å². The van der Waals surface area contributed by atoms with Gasteiger partial charge in [0.2, 0.25) is 15.9 Å². The monoisotopic (exact) mass is 350 g/mol. The van der Waals surface area contributed by atoms with E-state index in [1.54, 1.807) is 12.1 Å². The number of benzene rings is 1. The molecule has 0 radical (unpaired) electrons. The zero-order chi connectivity index (χ0) is 17.2. The lowest BCUT2D eigenvalue weighted by atomic mass is 9.97. The summed E-state index contributed by atoms with van der Waals surface area (Å²) in [6.45, 7) is 4.39. The van der Waals surface area contributed by atoms with Crippen molar-refractivity contribution in [3.8, 4) is 0 Å². The summed E-state index contributed by atoms with van der Waals surface area (Å²) in [4.78, 5) is 15.0. The van der Waals surface area contributed by atoms with Crippen molar-refractivity contribution in [2.75, 3.05) is 26.2 Å². The molecule has 2 fully saturated rings. The standard InChI is InChI=1S/C18H26N2O3S/c1-15-7-9-17(10-8-15)24(22,23)20-13-5-6-16(14-20)18(21)19-11-3-2-4-12-19/h7-10,16H,2-6,11-14H2,1H3/t16-/m1/s1. The Kier molecular flexibility index (Phi) is 5.25. The van der Waals surface area contributed by atoms with E-state index >= 15 is 0 Å². The van der Waals surface area contributed by atoms with Crippen LogP contribution in [0.1, 0.15) is 37.7 Å². The molecular formula is C18H26N2O3S. The van der Waals surface area contributed by atoms with Crippen molar-refractivity contribution in [3.63, 3.8) is 0 Å². The molecule has 1 amide bonds. The normalized spacial score (nSPS) is 23.2. The van der Waals surface area contributed by atoms with Crippen molar-refractivity contribution in [2.45, 2.75) is 43.9 Å². The summed E-state index contributed by atoms with van der Waals surface area (Å²) in [6, 6.07) is 6.93. The van der Waals surface area contributed by atoms with Crippen LogP contribution in [0.3, 0.4) is 0 Å². The van der Waals surface area contributed by atoms with Gasteiger partial charge in [0.25, 0.3) is 0 Å². The van der Waals surface area contributed by atoms with Crippen LogP contribution in [0.5, 0.6) is 0 Å². The summed E-state index contributed by atoms with van der Waals surface area (Å²) < 4.78 is 27.2. The van der Waals surface area contributed by atoms with Gasteiger partial charge < -0.3 is 4.90 Å². The van der Waals surface area contributed by atoms with Gasteiger partial charge in [0.1, 0.15) is 0 Å². The van der Waals surface area contributed by atoms with E-state index < -0.39 is 10.0 Å². The maximum atomic E-state index is 12.8. The molecule has 2 aliphatic rings. The lowest BCUT2D eigenvalue weighted by Crippen LogP contribution is -2.47.